The van der Waals surface area contributed by atoms with E-state index in [1.807, 2.05) is 30.0 Å². The Morgan fingerprint density at radius 3 is 2.31 bits per heavy atom. The van der Waals surface area contributed by atoms with Gasteiger partial charge in [0.1, 0.15) is 11.6 Å². The second kappa shape index (κ2) is 7.26. The molecule has 1 saturated heterocycles. The Balaban J connectivity index is 1.70. The lowest BCUT2D eigenvalue weighted by molar-refractivity contribution is -0.137. The van der Waals surface area contributed by atoms with Gasteiger partial charge in [0.25, 0.3) is 0 Å². The summed E-state index contributed by atoms with van der Waals surface area (Å²) in [5.74, 6) is 1.99. The Kier molecular flexibility index (Phi) is 5.22. The molecule has 0 aliphatic carbocycles. The average molecular weight is 431 g/mol. The molecule has 0 unspecified atom stereocenters. The van der Waals surface area contributed by atoms with Crippen LogP contribution in [-0.2, 0) is 6.18 Å². The maximum absolute atomic E-state index is 12.8. The van der Waals surface area contributed by atoms with Gasteiger partial charge in [0, 0.05) is 52.7 Å². The Hall–Kier alpha value is -2.10. The molecule has 140 valence electrons. The van der Waals surface area contributed by atoms with Gasteiger partial charge in [0.2, 0.25) is 5.95 Å². The molecule has 3 rings (SSSR count). The summed E-state index contributed by atoms with van der Waals surface area (Å²) in [5.41, 5.74) is -0.763. The predicted molar refractivity (Wildman–Crippen MR) is 97.7 cm³/mol. The molecule has 0 saturated carbocycles. The van der Waals surface area contributed by atoms with Gasteiger partial charge in [-0.15, -0.1) is 0 Å². The Bertz CT molecular complexity index is 775. The molecule has 0 spiro atoms. The standard InChI is InChI=1S/C16H18BrF3N6/c1-24(2)13-3-4-21-15(23-13)26-7-5-25(6-8-26)14-12(17)9-11(10-22-14)16(18,19)20/h3-4,9-10H,5-8H2,1-2H3. The molecule has 3 heterocycles. The lowest BCUT2D eigenvalue weighted by Gasteiger charge is -2.36. The van der Waals surface area contributed by atoms with Crippen LogP contribution in [0.1, 0.15) is 5.56 Å². The van der Waals surface area contributed by atoms with Gasteiger partial charge >= 0.3 is 6.18 Å². The van der Waals surface area contributed by atoms with Crippen molar-refractivity contribution >= 4 is 33.5 Å². The number of nitrogens with zero attached hydrogens (tertiary/aromatic N) is 6. The first-order valence-electron chi connectivity index (χ1n) is 7.98. The Morgan fingerprint density at radius 2 is 1.73 bits per heavy atom. The van der Waals surface area contributed by atoms with Crippen LogP contribution < -0.4 is 14.7 Å². The molecule has 1 fully saturated rings. The molecule has 0 aromatic carbocycles. The van der Waals surface area contributed by atoms with Crippen LogP contribution in [0.2, 0.25) is 0 Å². The maximum Gasteiger partial charge on any atom is 0.417 e. The summed E-state index contributed by atoms with van der Waals surface area (Å²) in [7, 11) is 3.83. The van der Waals surface area contributed by atoms with Gasteiger partial charge in [0.05, 0.1) is 10.0 Å². The minimum Gasteiger partial charge on any atom is -0.363 e. The fourth-order valence-corrected chi connectivity index (χ4v) is 3.28. The van der Waals surface area contributed by atoms with Crippen LogP contribution in [0, 0.1) is 0 Å². The van der Waals surface area contributed by atoms with Crippen molar-refractivity contribution in [3.63, 3.8) is 0 Å². The Labute approximate surface area is 157 Å². The molecule has 0 amide bonds. The van der Waals surface area contributed by atoms with Gasteiger partial charge in [-0.25, -0.2) is 9.97 Å². The van der Waals surface area contributed by atoms with Crippen molar-refractivity contribution in [2.75, 3.05) is 55.0 Å². The van der Waals surface area contributed by atoms with E-state index < -0.39 is 11.7 Å². The van der Waals surface area contributed by atoms with Crippen molar-refractivity contribution in [3.8, 4) is 0 Å². The number of hydrogen-bond acceptors (Lipinski definition) is 6. The van der Waals surface area contributed by atoms with Gasteiger partial charge in [-0.1, -0.05) is 0 Å². The molecule has 0 N–H and O–H groups in total. The van der Waals surface area contributed by atoms with E-state index in [1.54, 1.807) is 6.20 Å². The van der Waals surface area contributed by atoms with Crippen LogP contribution >= 0.6 is 15.9 Å². The minimum absolute atomic E-state index is 0.339. The average Bonchev–Trinajstić information content (AvgIpc) is 2.61. The number of aromatic nitrogens is 3. The van der Waals surface area contributed by atoms with E-state index in [0.717, 1.165) is 18.1 Å². The molecule has 0 bridgehead atoms. The van der Waals surface area contributed by atoms with Gasteiger partial charge < -0.3 is 14.7 Å². The van der Waals surface area contributed by atoms with Crippen molar-refractivity contribution in [2.45, 2.75) is 6.18 Å². The van der Waals surface area contributed by atoms with Gasteiger partial charge in [-0.3, -0.25) is 0 Å². The van der Waals surface area contributed by atoms with Crippen LogP contribution in [-0.4, -0.2) is 55.2 Å². The molecule has 0 radical (unpaired) electrons. The van der Waals surface area contributed by atoms with Crippen molar-refractivity contribution in [2.24, 2.45) is 0 Å². The van der Waals surface area contributed by atoms with E-state index in [0.29, 0.717) is 42.4 Å². The number of anilines is 3. The first-order valence-corrected chi connectivity index (χ1v) is 8.78. The molecule has 1 aliphatic heterocycles. The number of piperazine rings is 1. The molecular formula is C16H18BrF3N6. The fraction of sp³-hybridized carbons (Fsp3) is 0.438. The zero-order chi connectivity index (χ0) is 18.9. The monoisotopic (exact) mass is 430 g/mol. The number of alkyl halides is 3. The van der Waals surface area contributed by atoms with Crippen LogP contribution in [0.5, 0.6) is 0 Å². The molecule has 2 aromatic heterocycles. The van der Waals surface area contributed by atoms with E-state index in [4.69, 9.17) is 0 Å². The van der Waals surface area contributed by atoms with E-state index in [-0.39, 0.29) is 0 Å². The third-order valence-electron chi connectivity index (χ3n) is 4.10. The second-order valence-corrected chi connectivity index (χ2v) is 6.96. The normalized spacial score (nSPS) is 15.3. The Morgan fingerprint density at radius 1 is 1.08 bits per heavy atom. The molecular weight excluding hydrogens is 413 g/mol. The van der Waals surface area contributed by atoms with E-state index in [1.165, 1.54) is 0 Å². The molecule has 6 nitrogen and oxygen atoms in total. The maximum atomic E-state index is 12.8. The zero-order valence-corrected chi connectivity index (χ0v) is 15.9. The molecule has 0 atom stereocenters. The molecule has 26 heavy (non-hydrogen) atoms. The van der Waals surface area contributed by atoms with Crippen molar-refractivity contribution in [1.29, 1.82) is 0 Å². The lowest BCUT2D eigenvalue weighted by Crippen LogP contribution is -2.47. The van der Waals surface area contributed by atoms with Crippen LogP contribution in [0.25, 0.3) is 0 Å². The highest BCUT2D eigenvalue weighted by Crippen LogP contribution is 2.34. The highest BCUT2D eigenvalue weighted by atomic mass is 79.9. The summed E-state index contributed by atoms with van der Waals surface area (Å²) < 4.78 is 38.7. The van der Waals surface area contributed by atoms with Crippen molar-refractivity contribution < 1.29 is 13.2 Å². The molecule has 1 aliphatic rings. The fourth-order valence-electron chi connectivity index (χ4n) is 2.68. The van der Waals surface area contributed by atoms with E-state index >= 15 is 0 Å². The van der Waals surface area contributed by atoms with Gasteiger partial charge in [-0.2, -0.15) is 18.2 Å². The van der Waals surface area contributed by atoms with Gasteiger partial charge in [0.15, 0.2) is 0 Å². The predicted octanol–water partition coefficient (Wildman–Crippen LogP) is 3.05. The quantitative estimate of drug-likeness (QED) is 0.745. The van der Waals surface area contributed by atoms with Crippen LogP contribution in [0.4, 0.5) is 30.8 Å². The smallest absolute Gasteiger partial charge is 0.363 e. The summed E-state index contributed by atoms with van der Waals surface area (Å²) in [4.78, 5) is 18.8. The summed E-state index contributed by atoms with van der Waals surface area (Å²) in [6, 6.07) is 2.90. The van der Waals surface area contributed by atoms with E-state index in [2.05, 4.69) is 35.8 Å². The second-order valence-electron chi connectivity index (χ2n) is 6.11. The number of halogens is 4. The minimum atomic E-state index is -4.40. The summed E-state index contributed by atoms with van der Waals surface area (Å²) in [6.07, 6.45) is -1.81. The SMILES string of the molecule is CN(C)c1ccnc(N2CCN(c3ncc(C(F)(F)F)cc3Br)CC2)n1. The van der Waals surface area contributed by atoms with Gasteiger partial charge in [-0.05, 0) is 28.1 Å². The number of hydrogen-bond donors (Lipinski definition) is 0. The summed E-state index contributed by atoms with van der Waals surface area (Å²) >= 11 is 3.21. The largest absolute Gasteiger partial charge is 0.417 e. The zero-order valence-electron chi connectivity index (χ0n) is 14.3. The summed E-state index contributed by atoms with van der Waals surface area (Å²) in [6.45, 7) is 2.55. The third-order valence-corrected chi connectivity index (χ3v) is 4.68. The van der Waals surface area contributed by atoms with Crippen LogP contribution in [0.15, 0.2) is 29.0 Å². The number of rotatable bonds is 3. The van der Waals surface area contributed by atoms with Crippen molar-refractivity contribution in [1.82, 2.24) is 15.0 Å². The highest BCUT2D eigenvalue weighted by molar-refractivity contribution is 9.10. The number of pyridine rings is 1. The van der Waals surface area contributed by atoms with E-state index in [9.17, 15) is 13.2 Å². The lowest BCUT2D eigenvalue weighted by atomic mass is 10.2. The first kappa shape index (κ1) is 18.7. The first-order chi connectivity index (χ1) is 12.3. The van der Waals surface area contributed by atoms with Crippen molar-refractivity contribution in [3.05, 3.63) is 34.6 Å². The topological polar surface area (TPSA) is 48.4 Å². The van der Waals surface area contributed by atoms with Crippen LogP contribution in [0.3, 0.4) is 0 Å². The molecule has 2 aromatic rings. The molecule has 10 heteroatoms. The summed E-state index contributed by atoms with van der Waals surface area (Å²) in [5, 5.41) is 0. The third kappa shape index (κ3) is 4.00. The highest BCUT2D eigenvalue weighted by Gasteiger charge is 2.32.